The Balaban J connectivity index is 2.80. The largest absolute Gasteiger partial charge is 0.491 e. The van der Waals surface area contributed by atoms with Gasteiger partial charge in [0.1, 0.15) is 5.75 Å². The van der Waals surface area contributed by atoms with E-state index < -0.39 is 0 Å². The smallest absolute Gasteiger partial charge is 0.143 e. The topological polar surface area (TPSA) is 29.5 Å². The van der Waals surface area contributed by atoms with Gasteiger partial charge in [0, 0.05) is 17.0 Å². The lowest BCUT2D eigenvalue weighted by molar-refractivity contribution is 0.265. The number of aliphatic hydroxyl groups excluding tert-OH is 1. The monoisotopic (exact) mass is 258 g/mol. The van der Waals surface area contributed by atoms with Gasteiger partial charge >= 0.3 is 0 Å². The van der Waals surface area contributed by atoms with Gasteiger partial charge in [0.05, 0.1) is 18.2 Å². The molecule has 0 aromatic heterocycles. The summed E-state index contributed by atoms with van der Waals surface area (Å²) in [5.74, 6) is 6.13. The van der Waals surface area contributed by atoms with Gasteiger partial charge in [-0.3, -0.25) is 0 Å². The minimum Gasteiger partial charge on any atom is -0.491 e. The minimum absolute atomic E-state index is 0.158. The van der Waals surface area contributed by atoms with Crippen LogP contribution in [0.4, 0.5) is 0 Å². The number of hydrogen-bond acceptors (Lipinski definition) is 2. The van der Waals surface area contributed by atoms with Crippen molar-refractivity contribution in [3.8, 4) is 17.6 Å². The first kappa shape index (κ1) is 13.2. The van der Waals surface area contributed by atoms with Crippen molar-refractivity contribution in [2.75, 3.05) is 6.61 Å². The third-order valence-electron chi connectivity index (χ3n) is 1.91. The van der Waals surface area contributed by atoms with Crippen molar-refractivity contribution in [2.45, 2.75) is 20.0 Å². The van der Waals surface area contributed by atoms with Crippen LogP contribution in [0.15, 0.2) is 12.1 Å². The second-order valence-corrected chi connectivity index (χ2v) is 3.90. The fourth-order valence-corrected chi connectivity index (χ4v) is 1.81. The Morgan fingerprint density at radius 2 is 2.12 bits per heavy atom. The molecule has 0 unspecified atom stereocenters. The molecule has 0 radical (unpaired) electrons. The maximum absolute atomic E-state index is 9.14. The van der Waals surface area contributed by atoms with E-state index in [1.807, 2.05) is 0 Å². The van der Waals surface area contributed by atoms with Gasteiger partial charge in [-0.15, -0.1) is 11.8 Å². The highest BCUT2D eigenvalue weighted by Crippen LogP contribution is 2.32. The van der Waals surface area contributed by atoms with Gasteiger partial charge in [-0.1, -0.05) is 23.2 Å². The van der Waals surface area contributed by atoms with Gasteiger partial charge in [0.15, 0.2) is 0 Å². The number of rotatable bonds is 4. The molecule has 1 rings (SSSR count). The Morgan fingerprint density at radius 1 is 1.38 bits per heavy atom. The van der Waals surface area contributed by atoms with Crippen LogP contribution < -0.4 is 4.74 Å². The van der Waals surface area contributed by atoms with Gasteiger partial charge in [0.25, 0.3) is 0 Å². The first-order valence-electron chi connectivity index (χ1n) is 4.80. The summed E-state index contributed by atoms with van der Waals surface area (Å²) in [7, 11) is 0. The normalized spacial score (nSPS) is 9.50. The number of aliphatic hydroxyl groups is 1. The van der Waals surface area contributed by atoms with Crippen molar-refractivity contribution in [3.05, 3.63) is 27.7 Å². The average molecular weight is 259 g/mol. The van der Waals surface area contributed by atoms with Crippen LogP contribution in [0.3, 0.4) is 0 Å². The zero-order valence-corrected chi connectivity index (χ0v) is 10.4. The molecule has 2 nitrogen and oxygen atoms in total. The van der Waals surface area contributed by atoms with Crippen LogP contribution in [0.1, 0.15) is 18.9 Å². The molecule has 86 valence electrons. The number of benzene rings is 1. The van der Waals surface area contributed by atoms with Crippen molar-refractivity contribution in [2.24, 2.45) is 0 Å². The molecule has 0 atom stereocenters. The molecule has 1 aromatic carbocycles. The molecular formula is C12H12Cl2O2. The summed E-state index contributed by atoms with van der Waals surface area (Å²) < 4.78 is 5.46. The highest BCUT2D eigenvalue weighted by atomic mass is 35.5. The van der Waals surface area contributed by atoms with Crippen LogP contribution in [0.25, 0.3) is 0 Å². The lowest BCUT2D eigenvalue weighted by Crippen LogP contribution is -2.00. The summed E-state index contributed by atoms with van der Waals surface area (Å²) in [6.45, 7) is 2.05. The van der Waals surface area contributed by atoms with Crippen LogP contribution in [0.2, 0.25) is 10.0 Å². The highest BCUT2D eigenvalue weighted by molar-refractivity contribution is 6.35. The number of hydrogen-bond donors (Lipinski definition) is 1. The molecule has 16 heavy (non-hydrogen) atoms. The maximum atomic E-state index is 9.14. The van der Waals surface area contributed by atoms with E-state index in [0.29, 0.717) is 34.4 Å². The van der Waals surface area contributed by atoms with E-state index >= 15 is 0 Å². The van der Waals surface area contributed by atoms with Crippen molar-refractivity contribution < 1.29 is 9.84 Å². The summed E-state index contributed by atoms with van der Waals surface area (Å²) in [6, 6.07) is 3.22. The molecule has 0 bridgehead atoms. The predicted octanol–water partition coefficient (Wildman–Crippen LogP) is 3.28. The van der Waals surface area contributed by atoms with E-state index in [4.69, 9.17) is 33.0 Å². The molecule has 0 aliphatic heterocycles. The third-order valence-corrected chi connectivity index (χ3v) is 2.40. The zero-order chi connectivity index (χ0) is 12.0. The van der Waals surface area contributed by atoms with E-state index in [0.717, 1.165) is 0 Å². The first-order valence-corrected chi connectivity index (χ1v) is 5.55. The fourth-order valence-electron chi connectivity index (χ4n) is 1.22. The average Bonchev–Trinajstić information content (AvgIpc) is 2.26. The zero-order valence-electron chi connectivity index (χ0n) is 8.89. The van der Waals surface area contributed by atoms with Crippen LogP contribution in [0, 0.1) is 11.8 Å². The lowest BCUT2D eigenvalue weighted by Gasteiger charge is -2.11. The van der Waals surface area contributed by atoms with E-state index in [2.05, 4.69) is 11.8 Å². The van der Waals surface area contributed by atoms with Crippen LogP contribution >= 0.6 is 23.2 Å². The molecule has 0 spiro atoms. The molecule has 1 aromatic rings. The Hall–Kier alpha value is -0.880. The van der Waals surface area contributed by atoms with E-state index in [-0.39, 0.29) is 6.61 Å². The fraction of sp³-hybridized carbons (Fsp3) is 0.333. The second kappa shape index (κ2) is 6.65. The SMILES string of the molecule is CC#CCCOc1c(Cl)cc(Cl)cc1CO. The van der Waals surface area contributed by atoms with E-state index in [1.165, 1.54) is 0 Å². The summed E-state index contributed by atoms with van der Waals surface area (Å²) in [5, 5.41) is 10.0. The van der Waals surface area contributed by atoms with E-state index in [1.54, 1.807) is 19.1 Å². The minimum atomic E-state index is -0.158. The van der Waals surface area contributed by atoms with Crippen LogP contribution in [-0.4, -0.2) is 11.7 Å². The number of ether oxygens (including phenoxy) is 1. The number of halogens is 2. The summed E-state index contributed by atoms with van der Waals surface area (Å²) in [5.41, 5.74) is 0.585. The highest BCUT2D eigenvalue weighted by Gasteiger charge is 2.09. The standard InChI is InChI=1S/C12H12Cl2O2/c1-2-3-4-5-16-12-9(8-15)6-10(13)7-11(12)14/h6-7,15H,4-5,8H2,1H3. The molecule has 4 heteroatoms. The van der Waals surface area contributed by atoms with Crippen molar-refractivity contribution in [1.29, 1.82) is 0 Å². The summed E-state index contributed by atoms with van der Waals surface area (Å²) in [4.78, 5) is 0. The van der Waals surface area contributed by atoms with Crippen LogP contribution in [-0.2, 0) is 6.61 Å². The maximum Gasteiger partial charge on any atom is 0.143 e. The van der Waals surface area contributed by atoms with Gasteiger partial charge < -0.3 is 9.84 Å². The molecular weight excluding hydrogens is 247 g/mol. The first-order chi connectivity index (χ1) is 7.69. The molecule has 0 fully saturated rings. The van der Waals surface area contributed by atoms with Gasteiger partial charge in [-0.05, 0) is 19.1 Å². The van der Waals surface area contributed by atoms with Crippen LogP contribution in [0.5, 0.6) is 5.75 Å². The van der Waals surface area contributed by atoms with E-state index in [9.17, 15) is 0 Å². The molecule has 0 saturated carbocycles. The second-order valence-electron chi connectivity index (χ2n) is 3.06. The Labute approximate surface area is 105 Å². The molecule has 0 saturated heterocycles. The lowest BCUT2D eigenvalue weighted by atomic mass is 10.2. The summed E-state index contributed by atoms with van der Waals surface area (Å²) in [6.07, 6.45) is 0.625. The van der Waals surface area contributed by atoms with Gasteiger partial charge in [0.2, 0.25) is 0 Å². The van der Waals surface area contributed by atoms with Crippen molar-refractivity contribution in [1.82, 2.24) is 0 Å². The third kappa shape index (κ3) is 3.61. The van der Waals surface area contributed by atoms with Gasteiger partial charge in [-0.25, -0.2) is 0 Å². The molecule has 0 aliphatic rings. The molecule has 1 N–H and O–H groups in total. The van der Waals surface area contributed by atoms with Gasteiger partial charge in [-0.2, -0.15) is 0 Å². The Morgan fingerprint density at radius 3 is 2.75 bits per heavy atom. The molecule has 0 heterocycles. The Bertz CT molecular complexity index is 419. The predicted molar refractivity (Wildman–Crippen MR) is 65.9 cm³/mol. The quantitative estimate of drug-likeness (QED) is 0.664. The Kier molecular flexibility index (Phi) is 5.48. The summed E-state index contributed by atoms with van der Waals surface area (Å²) >= 11 is 11.8. The van der Waals surface area contributed by atoms with Crippen molar-refractivity contribution in [3.63, 3.8) is 0 Å². The molecule has 0 amide bonds. The molecule has 0 aliphatic carbocycles. The van der Waals surface area contributed by atoms with Crippen molar-refractivity contribution >= 4 is 23.2 Å².